The topological polar surface area (TPSA) is 21.3 Å². The Morgan fingerprint density at radius 1 is 0.808 bits per heavy atom. The number of nitrogens with one attached hydrogen (secondary N) is 1. The summed E-state index contributed by atoms with van der Waals surface area (Å²) in [5, 5.41) is 4.84. The van der Waals surface area contributed by atoms with Crippen molar-refractivity contribution < 1.29 is 4.74 Å². The quantitative estimate of drug-likeness (QED) is 0.487. The second kappa shape index (κ2) is 9.63. The van der Waals surface area contributed by atoms with Gasteiger partial charge in [-0.3, -0.25) is 0 Å². The Morgan fingerprint density at radius 2 is 1.58 bits per heavy atom. The zero-order valence-electron chi connectivity index (χ0n) is 14.4. The summed E-state index contributed by atoms with van der Waals surface area (Å²) in [6.07, 6.45) is 0.850. The van der Waals surface area contributed by atoms with Gasteiger partial charge in [0.05, 0.1) is 0 Å². The molecule has 0 atom stereocenters. The normalized spacial score (nSPS) is 10.7. The molecule has 3 aromatic rings. The van der Waals surface area contributed by atoms with E-state index in [1.165, 1.54) is 0 Å². The molecule has 4 heteroatoms. The van der Waals surface area contributed by atoms with Gasteiger partial charge in [-0.05, 0) is 42.3 Å². The van der Waals surface area contributed by atoms with Crippen molar-refractivity contribution in [3.05, 3.63) is 99.5 Å². The van der Waals surface area contributed by atoms with E-state index in [4.69, 9.17) is 27.9 Å². The predicted molar refractivity (Wildman–Crippen MR) is 109 cm³/mol. The average Bonchev–Trinajstić information content (AvgIpc) is 2.66. The van der Waals surface area contributed by atoms with Gasteiger partial charge in [0.1, 0.15) is 12.4 Å². The monoisotopic (exact) mass is 385 g/mol. The Morgan fingerprint density at radius 3 is 2.38 bits per heavy atom. The number of rotatable bonds is 8. The summed E-state index contributed by atoms with van der Waals surface area (Å²) in [6.45, 7) is 2.14. The van der Waals surface area contributed by atoms with E-state index in [-0.39, 0.29) is 0 Å². The molecule has 0 aliphatic carbocycles. The van der Waals surface area contributed by atoms with E-state index < -0.39 is 0 Å². The van der Waals surface area contributed by atoms with E-state index in [1.807, 2.05) is 48.5 Å². The summed E-state index contributed by atoms with van der Waals surface area (Å²) >= 11 is 12.2. The van der Waals surface area contributed by atoms with Crippen LogP contribution >= 0.6 is 23.2 Å². The first-order valence-corrected chi connectivity index (χ1v) is 9.37. The van der Waals surface area contributed by atoms with E-state index in [0.717, 1.165) is 42.0 Å². The fourth-order valence-electron chi connectivity index (χ4n) is 2.70. The maximum absolute atomic E-state index is 6.22. The maximum Gasteiger partial charge on any atom is 0.124 e. The summed E-state index contributed by atoms with van der Waals surface area (Å²) in [5.74, 6) is 0.911. The second-order valence-corrected chi connectivity index (χ2v) is 6.89. The third-order valence-corrected chi connectivity index (χ3v) is 4.70. The Balaban J connectivity index is 1.51. The first-order valence-electron chi connectivity index (χ1n) is 8.61. The van der Waals surface area contributed by atoms with E-state index in [9.17, 15) is 0 Å². The van der Waals surface area contributed by atoms with Crippen molar-refractivity contribution in [1.82, 2.24) is 5.32 Å². The largest absolute Gasteiger partial charge is 0.489 e. The molecule has 0 saturated carbocycles. The molecule has 0 heterocycles. The van der Waals surface area contributed by atoms with Gasteiger partial charge in [0, 0.05) is 22.2 Å². The molecule has 0 radical (unpaired) electrons. The van der Waals surface area contributed by atoms with Gasteiger partial charge < -0.3 is 10.1 Å². The molecule has 0 bridgehead atoms. The molecular formula is C22H21Cl2NO. The average molecular weight is 386 g/mol. The molecule has 0 fully saturated rings. The van der Waals surface area contributed by atoms with Crippen LogP contribution in [0.3, 0.4) is 0 Å². The molecular weight excluding hydrogens is 365 g/mol. The van der Waals surface area contributed by atoms with Crippen LogP contribution in [0.15, 0.2) is 72.8 Å². The summed E-state index contributed by atoms with van der Waals surface area (Å²) in [6, 6.07) is 23.9. The Labute approximate surface area is 164 Å². The molecule has 3 rings (SSSR count). The summed E-state index contributed by atoms with van der Waals surface area (Å²) in [5.41, 5.74) is 3.40. The molecule has 26 heavy (non-hydrogen) atoms. The van der Waals surface area contributed by atoms with Gasteiger partial charge in [-0.25, -0.2) is 0 Å². The van der Waals surface area contributed by atoms with Crippen LogP contribution in [0.4, 0.5) is 0 Å². The first kappa shape index (κ1) is 18.8. The highest BCUT2D eigenvalue weighted by Gasteiger charge is 2.05. The van der Waals surface area contributed by atoms with Crippen molar-refractivity contribution in [3.8, 4) is 5.75 Å². The van der Waals surface area contributed by atoms with Crippen LogP contribution in [0.25, 0.3) is 0 Å². The fraction of sp³-hybridized carbons (Fsp3) is 0.182. The van der Waals surface area contributed by atoms with Gasteiger partial charge in [0.25, 0.3) is 0 Å². The van der Waals surface area contributed by atoms with E-state index in [1.54, 1.807) is 6.07 Å². The Kier molecular flexibility index (Phi) is 6.96. The molecule has 0 saturated heterocycles. The van der Waals surface area contributed by atoms with Gasteiger partial charge in [0.2, 0.25) is 0 Å². The van der Waals surface area contributed by atoms with Crippen LogP contribution in [0.2, 0.25) is 10.0 Å². The van der Waals surface area contributed by atoms with Crippen molar-refractivity contribution in [3.63, 3.8) is 0 Å². The van der Waals surface area contributed by atoms with Crippen LogP contribution in [0.5, 0.6) is 5.75 Å². The highest BCUT2D eigenvalue weighted by molar-refractivity contribution is 6.35. The Bertz CT molecular complexity index is 837. The minimum Gasteiger partial charge on any atom is -0.489 e. The number of benzene rings is 3. The van der Waals surface area contributed by atoms with Gasteiger partial charge in [-0.2, -0.15) is 0 Å². The van der Waals surface area contributed by atoms with Crippen LogP contribution in [0.1, 0.15) is 16.7 Å². The molecule has 0 aliphatic rings. The highest BCUT2D eigenvalue weighted by Crippen LogP contribution is 2.22. The minimum atomic E-state index is 0.568. The molecule has 0 amide bonds. The zero-order chi connectivity index (χ0) is 18.2. The fourth-order valence-corrected chi connectivity index (χ4v) is 3.20. The number of ether oxygens (including phenoxy) is 1. The number of hydrogen-bond donors (Lipinski definition) is 1. The number of hydrogen-bond acceptors (Lipinski definition) is 2. The van der Waals surface area contributed by atoms with Gasteiger partial charge in [-0.1, -0.05) is 77.8 Å². The lowest BCUT2D eigenvalue weighted by molar-refractivity contribution is 0.302. The summed E-state index contributed by atoms with van der Waals surface area (Å²) in [4.78, 5) is 0. The highest BCUT2D eigenvalue weighted by atomic mass is 35.5. The molecule has 0 aromatic heterocycles. The van der Waals surface area contributed by atoms with E-state index in [0.29, 0.717) is 16.7 Å². The number of para-hydroxylation sites is 1. The minimum absolute atomic E-state index is 0.568. The van der Waals surface area contributed by atoms with Crippen molar-refractivity contribution in [2.75, 3.05) is 6.54 Å². The van der Waals surface area contributed by atoms with Gasteiger partial charge in [0.15, 0.2) is 0 Å². The lowest BCUT2D eigenvalue weighted by Gasteiger charge is -2.12. The van der Waals surface area contributed by atoms with Crippen LogP contribution < -0.4 is 10.1 Å². The Hall–Kier alpha value is -2.00. The van der Waals surface area contributed by atoms with E-state index >= 15 is 0 Å². The lowest BCUT2D eigenvalue weighted by Crippen LogP contribution is -2.17. The summed E-state index contributed by atoms with van der Waals surface area (Å²) in [7, 11) is 0. The standard InChI is InChI=1S/C22H21Cl2NO/c23-20-11-10-18(21(24)14-20)12-13-25-15-19-8-4-5-9-22(19)26-16-17-6-2-1-3-7-17/h1-11,14,25H,12-13,15-16H2. The SMILES string of the molecule is Clc1ccc(CCNCc2ccccc2OCc2ccccc2)c(Cl)c1. The molecule has 0 aliphatic heterocycles. The van der Waals surface area contributed by atoms with Crippen LogP contribution in [-0.4, -0.2) is 6.54 Å². The zero-order valence-corrected chi connectivity index (χ0v) is 15.9. The number of halogens is 2. The molecule has 3 aromatic carbocycles. The summed E-state index contributed by atoms with van der Waals surface area (Å²) < 4.78 is 6.00. The third-order valence-electron chi connectivity index (χ3n) is 4.11. The van der Waals surface area contributed by atoms with Crippen LogP contribution in [-0.2, 0) is 19.6 Å². The second-order valence-electron chi connectivity index (χ2n) is 6.04. The molecule has 1 N–H and O–H groups in total. The van der Waals surface area contributed by atoms with Crippen molar-refractivity contribution in [2.45, 2.75) is 19.6 Å². The van der Waals surface area contributed by atoms with Crippen molar-refractivity contribution in [1.29, 1.82) is 0 Å². The van der Waals surface area contributed by atoms with E-state index in [2.05, 4.69) is 23.5 Å². The molecule has 134 valence electrons. The van der Waals surface area contributed by atoms with Crippen molar-refractivity contribution >= 4 is 23.2 Å². The molecule has 0 unspecified atom stereocenters. The third kappa shape index (κ3) is 5.50. The van der Waals surface area contributed by atoms with Crippen molar-refractivity contribution in [2.24, 2.45) is 0 Å². The van der Waals surface area contributed by atoms with Crippen LogP contribution in [0, 0.1) is 0 Å². The van der Waals surface area contributed by atoms with Gasteiger partial charge >= 0.3 is 0 Å². The first-order chi connectivity index (χ1) is 12.7. The maximum atomic E-state index is 6.22. The smallest absolute Gasteiger partial charge is 0.124 e. The predicted octanol–water partition coefficient (Wildman–Crippen LogP) is 5.90. The molecule has 2 nitrogen and oxygen atoms in total. The lowest BCUT2D eigenvalue weighted by atomic mass is 10.1. The molecule has 0 spiro atoms. The van der Waals surface area contributed by atoms with Gasteiger partial charge in [-0.15, -0.1) is 0 Å².